The van der Waals surface area contributed by atoms with Crippen LogP contribution in [0.4, 0.5) is 0 Å². The maximum atomic E-state index is 5.10. The molecule has 1 aromatic carbocycles. The summed E-state index contributed by atoms with van der Waals surface area (Å²) in [5, 5.41) is 7.77. The molecule has 1 aromatic rings. The van der Waals surface area contributed by atoms with E-state index in [0.29, 0.717) is 5.11 Å². The normalized spacial score (nSPS) is 10.6. The second-order valence-electron chi connectivity index (χ2n) is 3.85. The van der Waals surface area contributed by atoms with Crippen molar-refractivity contribution < 1.29 is 0 Å². The molecule has 0 aliphatic carbocycles. The van der Waals surface area contributed by atoms with E-state index < -0.39 is 0 Å². The van der Waals surface area contributed by atoms with Gasteiger partial charge in [0.25, 0.3) is 0 Å². The molecule has 0 spiro atoms. The van der Waals surface area contributed by atoms with Crippen LogP contribution in [0.1, 0.15) is 31.7 Å². The predicted molar refractivity (Wildman–Crippen MR) is 85.0 cm³/mol. The molecule has 18 heavy (non-hydrogen) atoms. The maximum absolute atomic E-state index is 5.10. The Labute approximate surface area is 122 Å². The van der Waals surface area contributed by atoms with Crippen LogP contribution in [0.25, 0.3) is 0 Å². The molecule has 0 unspecified atom stereocenters. The fraction of sp³-hybridized carbons (Fsp3) is 0.385. The van der Waals surface area contributed by atoms with Crippen LogP contribution in [-0.4, -0.2) is 17.9 Å². The van der Waals surface area contributed by atoms with Gasteiger partial charge in [0.1, 0.15) is 0 Å². The average molecular weight is 328 g/mol. The van der Waals surface area contributed by atoms with Crippen molar-refractivity contribution in [3.63, 3.8) is 0 Å². The summed E-state index contributed by atoms with van der Waals surface area (Å²) in [7, 11) is 0. The Morgan fingerprint density at radius 2 is 2.17 bits per heavy atom. The Hall–Kier alpha value is -0.940. The molecule has 0 saturated heterocycles. The number of unbranched alkanes of at least 4 members (excludes halogenated alkanes) is 2. The zero-order valence-electron chi connectivity index (χ0n) is 10.4. The molecule has 0 atom stereocenters. The molecule has 0 aromatic heterocycles. The van der Waals surface area contributed by atoms with Gasteiger partial charge in [0.15, 0.2) is 5.11 Å². The van der Waals surface area contributed by atoms with Gasteiger partial charge in [0.05, 0.1) is 6.21 Å². The lowest BCUT2D eigenvalue weighted by Crippen LogP contribution is -2.32. The highest BCUT2D eigenvalue weighted by molar-refractivity contribution is 9.10. The lowest BCUT2D eigenvalue weighted by molar-refractivity contribution is 0.691. The number of hydrazone groups is 1. The largest absolute Gasteiger partial charge is 0.361 e. The summed E-state index contributed by atoms with van der Waals surface area (Å²) in [6, 6.07) is 7.89. The summed E-state index contributed by atoms with van der Waals surface area (Å²) >= 11 is 8.56. The fourth-order valence-corrected chi connectivity index (χ4v) is 1.90. The summed E-state index contributed by atoms with van der Waals surface area (Å²) < 4.78 is 1.01. The van der Waals surface area contributed by atoms with Gasteiger partial charge in [-0.15, -0.1) is 0 Å². The Bertz CT molecular complexity index is 407. The minimum atomic E-state index is 0.564. The zero-order valence-corrected chi connectivity index (χ0v) is 12.9. The van der Waals surface area contributed by atoms with Crippen molar-refractivity contribution in [1.29, 1.82) is 0 Å². The van der Waals surface area contributed by atoms with Gasteiger partial charge in [-0.1, -0.05) is 53.9 Å². The van der Waals surface area contributed by atoms with Gasteiger partial charge in [-0.2, -0.15) is 5.10 Å². The molecule has 0 radical (unpaired) electrons. The van der Waals surface area contributed by atoms with Gasteiger partial charge in [0.2, 0.25) is 0 Å². The third-order valence-corrected chi connectivity index (χ3v) is 3.30. The zero-order chi connectivity index (χ0) is 13.2. The van der Waals surface area contributed by atoms with E-state index in [-0.39, 0.29) is 0 Å². The standard InChI is InChI=1S/C13H18BrN3S/c1-2-3-6-9-15-13(18)17-16-10-11-7-4-5-8-12(11)14/h4-5,7-8,10H,2-3,6,9H2,1H3,(H2,15,17,18)/b16-10-. The molecular formula is C13H18BrN3S. The molecule has 0 heterocycles. The van der Waals surface area contributed by atoms with E-state index in [4.69, 9.17) is 12.2 Å². The predicted octanol–water partition coefficient (Wildman–Crippen LogP) is 3.44. The minimum Gasteiger partial charge on any atom is -0.361 e. The van der Waals surface area contributed by atoms with Crippen molar-refractivity contribution >= 4 is 39.5 Å². The van der Waals surface area contributed by atoms with Crippen molar-refractivity contribution in [2.75, 3.05) is 6.54 Å². The molecule has 5 heteroatoms. The first-order valence-corrected chi connectivity index (χ1v) is 7.25. The summed E-state index contributed by atoms with van der Waals surface area (Å²) in [4.78, 5) is 0. The Balaban J connectivity index is 2.28. The van der Waals surface area contributed by atoms with Crippen LogP contribution in [0.2, 0.25) is 0 Å². The number of hydrogen-bond acceptors (Lipinski definition) is 2. The quantitative estimate of drug-likeness (QED) is 0.363. The second-order valence-corrected chi connectivity index (χ2v) is 5.12. The van der Waals surface area contributed by atoms with Crippen molar-refractivity contribution in [1.82, 2.24) is 10.7 Å². The van der Waals surface area contributed by atoms with E-state index in [1.165, 1.54) is 12.8 Å². The lowest BCUT2D eigenvalue weighted by atomic mass is 10.2. The Morgan fingerprint density at radius 3 is 2.89 bits per heavy atom. The van der Waals surface area contributed by atoms with Crippen molar-refractivity contribution in [2.24, 2.45) is 5.10 Å². The molecule has 0 aliphatic heterocycles. The van der Waals surface area contributed by atoms with Crippen molar-refractivity contribution in [3.05, 3.63) is 34.3 Å². The topological polar surface area (TPSA) is 36.4 Å². The molecule has 1 rings (SSSR count). The number of halogens is 1. The first-order chi connectivity index (χ1) is 8.74. The fourth-order valence-electron chi connectivity index (χ4n) is 1.36. The highest BCUT2D eigenvalue weighted by Crippen LogP contribution is 2.13. The van der Waals surface area contributed by atoms with Crippen LogP contribution in [0, 0.1) is 0 Å². The van der Waals surface area contributed by atoms with E-state index in [1.54, 1.807) is 6.21 Å². The van der Waals surface area contributed by atoms with Gasteiger partial charge < -0.3 is 5.32 Å². The Kier molecular flexibility index (Phi) is 7.60. The first-order valence-electron chi connectivity index (χ1n) is 6.05. The van der Waals surface area contributed by atoms with Gasteiger partial charge in [-0.3, -0.25) is 5.43 Å². The molecule has 0 bridgehead atoms. The number of hydrogen-bond donors (Lipinski definition) is 2. The van der Waals surface area contributed by atoms with Crippen LogP contribution < -0.4 is 10.7 Å². The smallest absolute Gasteiger partial charge is 0.186 e. The monoisotopic (exact) mass is 327 g/mol. The summed E-state index contributed by atoms with van der Waals surface area (Å²) in [6.45, 7) is 3.07. The van der Waals surface area contributed by atoms with Crippen LogP contribution >= 0.6 is 28.1 Å². The van der Waals surface area contributed by atoms with Crippen molar-refractivity contribution in [3.8, 4) is 0 Å². The number of rotatable bonds is 6. The van der Waals surface area contributed by atoms with Gasteiger partial charge in [-0.25, -0.2) is 0 Å². The van der Waals surface area contributed by atoms with E-state index in [2.05, 4.69) is 38.7 Å². The summed E-state index contributed by atoms with van der Waals surface area (Å²) in [6.07, 6.45) is 5.30. The van der Waals surface area contributed by atoms with Crippen LogP contribution in [-0.2, 0) is 0 Å². The van der Waals surface area contributed by atoms with E-state index in [1.807, 2.05) is 24.3 Å². The Morgan fingerprint density at radius 1 is 1.39 bits per heavy atom. The van der Waals surface area contributed by atoms with Crippen molar-refractivity contribution in [2.45, 2.75) is 26.2 Å². The van der Waals surface area contributed by atoms with Gasteiger partial charge in [0, 0.05) is 16.6 Å². The number of thiocarbonyl (C=S) groups is 1. The first kappa shape index (κ1) is 15.1. The molecule has 98 valence electrons. The van der Waals surface area contributed by atoms with Gasteiger partial charge >= 0.3 is 0 Å². The lowest BCUT2D eigenvalue weighted by Gasteiger charge is -2.06. The highest BCUT2D eigenvalue weighted by Gasteiger charge is 1.94. The third-order valence-electron chi connectivity index (χ3n) is 2.34. The van der Waals surface area contributed by atoms with Crippen LogP contribution in [0.15, 0.2) is 33.8 Å². The molecule has 3 nitrogen and oxygen atoms in total. The highest BCUT2D eigenvalue weighted by atomic mass is 79.9. The molecule has 0 aliphatic rings. The van der Waals surface area contributed by atoms with Crippen LogP contribution in [0.3, 0.4) is 0 Å². The average Bonchev–Trinajstić information content (AvgIpc) is 2.37. The summed E-state index contributed by atoms with van der Waals surface area (Å²) in [5.41, 5.74) is 3.82. The maximum Gasteiger partial charge on any atom is 0.186 e. The minimum absolute atomic E-state index is 0.564. The van der Waals surface area contributed by atoms with Crippen LogP contribution in [0.5, 0.6) is 0 Å². The number of nitrogens with one attached hydrogen (secondary N) is 2. The molecule has 0 fully saturated rings. The second kappa shape index (κ2) is 9.05. The van der Waals surface area contributed by atoms with E-state index >= 15 is 0 Å². The molecular weight excluding hydrogens is 310 g/mol. The van der Waals surface area contributed by atoms with E-state index in [9.17, 15) is 0 Å². The number of benzene rings is 1. The van der Waals surface area contributed by atoms with Gasteiger partial charge in [-0.05, 0) is 24.7 Å². The third kappa shape index (κ3) is 6.12. The SMILES string of the molecule is CCCCCNC(=S)N/N=C\c1ccccc1Br. The van der Waals surface area contributed by atoms with E-state index in [0.717, 1.165) is 23.0 Å². The molecule has 0 amide bonds. The number of nitrogens with zero attached hydrogens (tertiary/aromatic N) is 1. The molecule has 0 saturated carbocycles. The summed E-state index contributed by atoms with van der Waals surface area (Å²) in [5.74, 6) is 0. The molecule has 2 N–H and O–H groups in total.